The molecule has 2 atom stereocenters. The Hall–Kier alpha value is -1.69. The summed E-state index contributed by atoms with van der Waals surface area (Å²) in [7, 11) is 0. The third kappa shape index (κ3) is 4.97. The van der Waals surface area contributed by atoms with E-state index in [-0.39, 0.29) is 11.9 Å². The molecular weight excluding hydrogens is 266 g/mol. The Morgan fingerprint density at radius 1 is 1.52 bits per heavy atom. The predicted molar refractivity (Wildman–Crippen MR) is 82.9 cm³/mol. The van der Waals surface area contributed by atoms with Gasteiger partial charge in [0, 0.05) is 37.9 Å². The smallest absolute Gasteiger partial charge is 0.225 e. The van der Waals surface area contributed by atoms with E-state index in [9.17, 15) is 4.79 Å². The van der Waals surface area contributed by atoms with Crippen molar-refractivity contribution in [2.75, 3.05) is 24.5 Å². The molecule has 0 radical (unpaired) electrons. The Labute approximate surface area is 126 Å². The van der Waals surface area contributed by atoms with Crippen LogP contribution < -0.4 is 16.0 Å². The van der Waals surface area contributed by atoms with Crippen molar-refractivity contribution in [3.8, 4) is 0 Å². The van der Waals surface area contributed by atoms with Crippen molar-refractivity contribution in [2.24, 2.45) is 11.7 Å². The maximum Gasteiger partial charge on any atom is 0.225 e. The molecule has 0 aromatic carbocycles. The van der Waals surface area contributed by atoms with Gasteiger partial charge < -0.3 is 16.0 Å². The van der Waals surface area contributed by atoms with Crippen LogP contribution in [0.3, 0.4) is 0 Å². The number of aromatic nitrogens is 2. The van der Waals surface area contributed by atoms with E-state index in [2.05, 4.69) is 27.1 Å². The molecule has 1 aliphatic heterocycles. The van der Waals surface area contributed by atoms with Gasteiger partial charge in [-0.15, -0.1) is 0 Å². The van der Waals surface area contributed by atoms with Crippen molar-refractivity contribution in [1.82, 2.24) is 15.3 Å². The van der Waals surface area contributed by atoms with Crippen LogP contribution in [-0.2, 0) is 4.79 Å². The summed E-state index contributed by atoms with van der Waals surface area (Å²) in [5.41, 5.74) is 5.57. The lowest BCUT2D eigenvalue weighted by molar-refractivity contribution is -0.122. The molecule has 6 heteroatoms. The first kappa shape index (κ1) is 15.7. The monoisotopic (exact) mass is 291 g/mol. The Bertz CT molecular complexity index is 439. The lowest BCUT2D eigenvalue weighted by Gasteiger charge is -2.33. The van der Waals surface area contributed by atoms with E-state index < -0.39 is 0 Å². The molecule has 1 fully saturated rings. The number of anilines is 1. The van der Waals surface area contributed by atoms with Crippen molar-refractivity contribution in [3.05, 3.63) is 18.5 Å². The zero-order valence-corrected chi connectivity index (χ0v) is 12.7. The Morgan fingerprint density at radius 2 is 2.29 bits per heavy atom. The van der Waals surface area contributed by atoms with Crippen molar-refractivity contribution in [3.63, 3.8) is 0 Å². The highest BCUT2D eigenvalue weighted by Gasteiger charge is 2.22. The summed E-state index contributed by atoms with van der Waals surface area (Å²) < 4.78 is 0. The van der Waals surface area contributed by atoms with Gasteiger partial charge in [0.15, 0.2) is 0 Å². The number of piperidine rings is 1. The second kappa shape index (κ2) is 7.93. The topological polar surface area (TPSA) is 84.1 Å². The largest absolute Gasteiger partial charge is 0.352 e. The van der Waals surface area contributed by atoms with Crippen LogP contribution in [-0.4, -0.2) is 41.6 Å². The molecule has 0 aliphatic carbocycles. The summed E-state index contributed by atoms with van der Waals surface area (Å²) in [6.45, 7) is 4.43. The number of nitrogens with two attached hydrogens (primary N) is 1. The number of amides is 1. The van der Waals surface area contributed by atoms with Gasteiger partial charge in [0.2, 0.25) is 11.9 Å². The number of nitrogens with zero attached hydrogens (tertiary/aromatic N) is 3. The van der Waals surface area contributed by atoms with Gasteiger partial charge in [-0.25, -0.2) is 9.97 Å². The highest BCUT2D eigenvalue weighted by atomic mass is 16.1. The van der Waals surface area contributed by atoms with E-state index in [4.69, 9.17) is 5.73 Å². The quantitative estimate of drug-likeness (QED) is 0.815. The van der Waals surface area contributed by atoms with Crippen molar-refractivity contribution < 1.29 is 4.79 Å². The van der Waals surface area contributed by atoms with E-state index in [1.165, 1.54) is 0 Å². The molecule has 1 amide bonds. The molecule has 1 aliphatic rings. The van der Waals surface area contributed by atoms with Crippen LogP contribution in [0.2, 0.25) is 0 Å². The van der Waals surface area contributed by atoms with Crippen molar-refractivity contribution >= 4 is 11.9 Å². The van der Waals surface area contributed by atoms with Crippen LogP contribution in [0.1, 0.15) is 32.6 Å². The van der Waals surface area contributed by atoms with Crippen LogP contribution >= 0.6 is 0 Å². The van der Waals surface area contributed by atoms with E-state index in [0.717, 1.165) is 38.3 Å². The minimum Gasteiger partial charge on any atom is -0.352 e. The molecule has 2 heterocycles. The van der Waals surface area contributed by atoms with E-state index in [1.807, 2.05) is 6.07 Å². The average Bonchev–Trinajstić information content (AvgIpc) is 2.53. The fraction of sp³-hybridized carbons (Fsp3) is 0.667. The van der Waals surface area contributed by atoms with E-state index in [0.29, 0.717) is 18.9 Å². The van der Waals surface area contributed by atoms with Gasteiger partial charge in [0.1, 0.15) is 0 Å². The van der Waals surface area contributed by atoms with Crippen LogP contribution in [0.15, 0.2) is 18.5 Å². The number of hydrogen-bond acceptors (Lipinski definition) is 5. The molecule has 3 N–H and O–H groups in total. The number of nitrogens with one attached hydrogen (secondary N) is 1. The molecule has 0 bridgehead atoms. The lowest BCUT2D eigenvalue weighted by atomic mass is 10.0. The second-order valence-electron chi connectivity index (χ2n) is 5.78. The van der Waals surface area contributed by atoms with Gasteiger partial charge in [0.25, 0.3) is 0 Å². The zero-order valence-electron chi connectivity index (χ0n) is 12.7. The zero-order chi connectivity index (χ0) is 15.1. The van der Waals surface area contributed by atoms with Crippen LogP contribution in [0.5, 0.6) is 0 Å². The maximum absolute atomic E-state index is 12.0. The van der Waals surface area contributed by atoms with Crippen LogP contribution in [0, 0.1) is 5.92 Å². The lowest BCUT2D eigenvalue weighted by Crippen LogP contribution is -2.48. The minimum atomic E-state index is 0.121. The summed E-state index contributed by atoms with van der Waals surface area (Å²) in [4.78, 5) is 22.7. The average molecular weight is 291 g/mol. The molecule has 116 valence electrons. The fourth-order valence-corrected chi connectivity index (χ4v) is 2.53. The number of carbonyl (C=O) groups is 1. The van der Waals surface area contributed by atoms with E-state index in [1.54, 1.807) is 12.4 Å². The first-order valence-electron chi connectivity index (χ1n) is 7.70. The van der Waals surface area contributed by atoms with E-state index >= 15 is 0 Å². The highest BCUT2D eigenvalue weighted by Crippen LogP contribution is 2.15. The highest BCUT2D eigenvalue weighted by molar-refractivity contribution is 5.76. The van der Waals surface area contributed by atoms with Crippen LogP contribution in [0.25, 0.3) is 0 Å². The maximum atomic E-state index is 12.0. The summed E-state index contributed by atoms with van der Waals surface area (Å²) in [5.74, 6) is 1.26. The van der Waals surface area contributed by atoms with Gasteiger partial charge >= 0.3 is 0 Å². The summed E-state index contributed by atoms with van der Waals surface area (Å²) in [6, 6.07) is 1.99. The number of hydrogen-bond donors (Lipinski definition) is 2. The molecule has 1 saturated heterocycles. The van der Waals surface area contributed by atoms with Crippen molar-refractivity contribution in [2.45, 2.75) is 38.6 Å². The summed E-state index contributed by atoms with van der Waals surface area (Å²) in [6.07, 6.45) is 6.96. The molecule has 6 nitrogen and oxygen atoms in total. The molecule has 2 unspecified atom stereocenters. The molecule has 2 rings (SSSR count). The molecule has 1 aromatic heterocycles. The van der Waals surface area contributed by atoms with Gasteiger partial charge in [-0.05, 0) is 37.8 Å². The SMILES string of the molecule is CC(CN)CCC(=O)NC1CCCN(c2ncccn2)C1. The first-order chi connectivity index (χ1) is 10.2. The molecular formula is C15H25N5O. The first-order valence-corrected chi connectivity index (χ1v) is 7.70. The summed E-state index contributed by atoms with van der Waals surface area (Å²) >= 11 is 0. The van der Waals surface area contributed by atoms with Gasteiger partial charge in [-0.1, -0.05) is 6.92 Å². The Balaban J connectivity index is 1.80. The number of rotatable bonds is 6. The third-order valence-corrected chi connectivity index (χ3v) is 3.89. The molecule has 0 saturated carbocycles. The van der Waals surface area contributed by atoms with Gasteiger partial charge in [0.05, 0.1) is 0 Å². The second-order valence-corrected chi connectivity index (χ2v) is 5.78. The standard InChI is InChI=1S/C15H25N5O/c1-12(10-16)5-6-14(21)19-13-4-2-9-20(11-13)15-17-7-3-8-18-15/h3,7-8,12-13H,2,4-6,9-11,16H2,1H3,(H,19,21). The minimum absolute atomic E-state index is 0.121. The molecule has 1 aromatic rings. The third-order valence-electron chi connectivity index (χ3n) is 3.89. The van der Waals surface area contributed by atoms with Crippen LogP contribution in [0.4, 0.5) is 5.95 Å². The summed E-state index contributed by atoms with van der Waals surface area (Å²) in [5, 5.41) is 3.12. The fourth-order valence-electron chi connectivity index (χ4n) is 2.53. The molecule has 21 heavy (non-hydrogen) atoms. The Morgan fingerprint density at radius 3 is 3.00 bits per heavy atom. The molecule has 0 spiro atoms. The normalized spacial score (nSPS) is 20.1. The number of carbonyl (C=O) groups excluding carboxylic acids is 1. The van der Waals surface area contributed by atoms with Gasteiger partial charge in [-0.2, -0.15) is 0 Å². The van der Waals surface area contributed by atoms with Crippen molar-refractivity contribution in [1.29, 1.82) is 0 Å². The van der Waals surface area contributed by atoms with Gasteiger partial charge in [-0.3, -0.25) is 4.79 Å². The predicted octanol–water partition coefficient (Wildman–Crippen LogP) is 0.937. The Kier molecular flexibility index (Phi) is 5.92.